The van der Waals surface area contributed by atoms with E-state index in [0.29, 0.717) is 75.8 Å². The molecule has 454 valence electrons. The number of nitrogens with two attached hydrogens (primary N) is 1. The first-order chi connectivity index (χ1) is 39.4. The van der Waals surface area contributed by atoms with Crippen LogP contribution < -0.4 is 21.7 Å². The van der Waals surface area contributed by atoms with Crippen molar-refractivity contribution in [1.82, 2.24) is 30.6 Å². The van der Waals surface area contributed by atoms with Gasteiger partial charge in [-0.2, -0.15) is 0 Å². The van der Waals surface area contributed by atoms with Crippen LogP contribution in [0.15, 0.2) is 42.7 Å². The van der Waals surface area contributed by atoms with E-state index >= 15 is 4.79 Å². The molecule has 5 saturated carbocycles. The van der Waals surface area contributed by atoms with Gasteiger partial charge in [0, 0.05) is 66.6 Å². The summed E-state index contributed by atoms with van der Waals surface area (Å²) < 4.78 is 12.9. The van der Waals surface area contributed by atoms with Gasteiger partial charge >= 0.3 is 5.97 Å². The van der Waals surface area contributed by atoms with Gasteiger partial charge in [-0.1, -0.05) is 76.7 Å². The number of imidazole rings is 2. The molecule has 0 bridgehead atoms. The van der Waals surface area contributed by atoms with Crippen LogP contribution in [0.5, 0.6) is 0 Å². The first kappa shape index (κ1) is 57.8. The number of nitrogens with one attached hydrogen (secondary N) is 5. The second-order valence-corrected chi connectivity index (χ2v) is 29.0. The number of ether oxygens (including phenoxy) is 2. The van der Waals surface area contributed by atoms with Gasteiger partial charge in [0.05, 0.1) is 72.2 Å². The third kappa shape index (κ3) is 7.32. The number of carbonyl (C=O) groups excluding carboxylic acids is 1. The zero-order valence-corrected chi connectivity index (χ0v) is 48.5. The van der Waals surface area contributed by atoms with E-state index in [1.54, 1.807) is 19.6 Å². The maximum Gasteiger partial charge on any atom is 0.310 e. The van der Waals surface area contributed by atoms with Crippen LogP contribution in [0.2, 0.25) is 0 Å². The number of aliphatic hydroxyl groups excluding tert-OH is 8. The van der Waals surface area contributed by atoms with Crippen LogP contribution in [0.25, 0.3) is 0 Å². The number of aliphatic hydroxyl groups is 8. The lowest BCUT2D eigenvalue weighted by atomic mass is 9.27. The molecule has 1 spiro atoms. The van der Waals surface area contributed by atoms with Gasteiger partial charge in [-0.05, 0) is 116 Å². The summed E-state index contributed by atoms with van der Waals surface area (Å²) in [5, 5.41) is 118. The summed E-state index contributed by atoms with van der Waals surface area (Å²) >= 11 is 0. The van der Waals surface area contributed by atoms with Gasteiger partial charge in [0.25, 0.3) is 0 Å². The Hall–Kier alpha value is -4.28. The third-order valence-corrected chi connectivity index (χ3v) is 26.1. The highest BCUT2D eigenvalue weighted by Gasteiger charge is 2.80. The Labute approximate surface area is 484 Å². The minimum atomic E-state index is -1.73. The van der Waals surface area contributed by atoms with E-state index in [4.69, 9.17) is 20.2 Å². The quantitative estimate of drug-likeness (QED) is 0.0649. The molecule has 16 N–H and O–H groups in total. The smallest absolute Gasteiger partial charge is 0.310 e. The van der Waals surface area contributed by atoms with Crippen molar-refractivity contribution in [3.63, 3.8) is 0 Å². The molecule has 2 saturated heterocycles. The highest BCUT2D eigenvalue weighted by Crippen LogP contribution is 2.81. The van der Waals surface area contributed by atoms with Gasteiger partial charge in [0.1, 0.15) is 30.4 Å². The number of carboxylic acids is 1. The number of fused-ring (bicyclic) bond motifs is 9. The number of aromatic amines is 2. The Morgan fingerprint density at radius 3 is 2.45 bits per heavy atom. The van der Waals surface area contributed by atoms with Crippen molar-refractivity contribution in [1.29, 1.82) is 0 Å². The summed E-state index contributed by atoms with van der Waals surface area (Å²) in [6.07, 6.45) is 3.71. The number of hydrogen-bond donors (Lipinski definition) is 15. The monoisotopic (exact) mass is 1150 g/mol. The standard InChI is InChI=1S/C62H88N8O13/c1-55(25-71)16-17-61(54(80)81)35(20-55)33-18-29-9-10-30-8-7-13-60(30)42-31(11-15-62(40-23-65-27-68-40,47(42)70-53(60)79)48(77)32(21-64-6)50(63)78)41-44(75)49(83-52-45(76)43(74)38(73)24-82-52)56(2,26-72)39-12-14-57(3,46(29)58(39,41)4)59(33,5)34-19-37-51(69-28-67-37)66-22-36(34)61/h11,15,18,23,27-32,34-36,38-39,41-50,52,64,66,71-78H,7-8,12-14,16-17,19-22,24-26,63H2,1-6H3,(H,65,68)(H,67,69)(H,70,79)(H,80,81). The fourth-order valence-electron chi connectivity index (χ4n) is 22.2. The fourth-order valence-corrected chi connectivity index (χ4v) is 22.2. The highest BCUT2D eigenvalue weighted by molar-refractivity contribution is 5.88. The number of amides is 1. The summed E-state index contributed by atoms with van der Waals surface area (Å²) in [6.45, 7) is 10.5. The summed E-state index contributed by atoms with van der Waals surface area (Å²) in [5.41, 5.74) is 0.465. The summed E-state index contributed by atoms with van der Waals surface area (Å²) in [4.78, 5) is 46.6. The van der Waals surface area contributed by atoms with Crippen LogP contribution in [-0.2, 0) is 30.9 Å². The Kier molecular flexibility index (Phi) is 13.7. The van der Waals surface area contributed by atoms with E-state index in [9.17, 15) is 50.8 Å². The topological polar surface area (TPSA) is 354 Å². The molecule has 3 aliphatic heterocycles. The molecule has 2 aromatic heterocycles. The number of H-pyrrole nitrogens is 2. The molecular formula is C62H88N8O13. The van der Waals surface area contributed by atoms with Gasteiger partial charge < -0.3 is 87.1 Å². The molecule has 28 unspecified atom stereocenters. The second-order valence-electron chi connectivity index (χ2n) is 29.0. The van der Waals surface area contributed by atoms with E-state index in [2.05, 4.69) is 82.6 Å². The number of aliphatic carboxylic acids is 1. The molecule has 13 rings (SSSR count). The molecule has 7 fully saturated rings. The molecule has 28 atom stereocenters. The molecule has 2 aromatic rings. The molecule has 21 nitrogen and oxygen atoms in total. The van der Waals surface area contributed by atoms with Gasteiger partial charge in [0.2, 0.25) is 5.91 Å². The van der Waals surface area contributed by atoms with Crippen molar-refractivity contribution in [3.05, 3.63) is 54.0 Å². The fraction of sp³-hybridized carbons (Fsp3) is 0.774. The van der Waals surface area contributed by atoms with Crippen molar-refractivity contribution in [3.8, 4) is 11.8 Å². The van der Waals surface area contributed by atoms with Crippen LogP contribution in [0.3, 0.4) is 0 Å². The van der Waals surface area contributed by atoms with Gasteiger partial charge in [-0.15, -0.1) is 0 Å². The summed E-state index contributed by atoms with van der Waals surface area (Å²) in [5.74, 6) is 1.03. The van der Waals surface area contributed by atoms with E-state index in [1.807, 2.05) is 13.0 Å². The minimum Gasteiger partial charge on any atom is -0.481 e. The molecule has 0 aromatic carbocycles. The lowest BCUT2D eigenvalue weighted by Crippen LogP contribution is -2.76. The predicted molar refractivity (Wildman–Crippen MR) is 299 cm³/mol. The first-order valence-electron chi connectivity index (χ1n) is 30.6. The van der Waals surface area contributed by atoms with Crippen LogP contribution in [0.4, 0.5) is 5.82 Å². The first-order valence-corrected chi connectivity index (χ1v) is 30.6. The number of carbonyl (C=O) groups is 2. The maximum absolute atomic E-state index is 16.0. The maximum atomic E-state index is 16.0. The normalized spacial score (nSPS) is 51.0. The number of carboxylic acid groups (broad SMARTS) is 1. The average molecular weight is 1150 g/mol. The van der Waals surface area contributed by atoms with Gasteiger partial charge in [-0.25, -0.2) is 9.97 Å². The van der Waals surface area contributed by atoms with Crippen LogP contribution >= 0.6 is 0 Å². The van der Waals surface area contributed by atoms with E-state index in [0.717, 1.165) is 11.3 Å². The van der Waals surface area contributed by atoms with Crippen LogP contribution in [0.1, 0.15) is 97.4 Å². The van der Waals surface area contributed by atoms with Crippen LogP contribution in [0, 0.1) is 115 Å². The number of aromatic nitrogens is 4. The zero-order chi connectivity index (χ0) is 58.9. The number of allylic oxidation sites excluding steroid dienone is 3. The Balaban J connectivity index is 1.10. The van der Waals surface area contributed by atoms with Gasteiger partial charge in [-0.3, -0.25) is 9.59 Å². The molecule has 83 heavy (non-hydrogen) atoms. The Morgan fingerprint density at radius 2 is 1.75 bits per heavy atom. The molecule has 21 heteroatoms. The summed E-state index contributed by atoms with van der Waals surface area (Å²) in [7, 11) is 1.71. The van der Waals surface area contributed by atoms with E-state index < -0.39 is 170 Å². The average Bonchev–Trinajstić information content (AvgIpc) is 1.29. The Morgan fingerprint density at radius 1 is 0.964 bits per heavy atom. The Bertz CT molecular complexity index is 3000. The number of hydrogen-bond acceptors (Lipinski definition) is 17. The van der Waals surface area contributed by atoms with E-state index in [1.165, 1.54) is 6.33 Å². The summed E-state index contributed by atoms with van der Waals surface area (Å²) in [6, 6.07) is -0.904. The SMILES string of the molecule is CNCC(C(N)O)C(O)C1(c2cnc[nH]2)C=CC2C3C1NC(=O)C31CCCC1C#CC1C=C3C4CC(C)(CO)CCC4(C(=O)O)C4CNc5nc[nH]c5CC4C3(C)C3(C)CCC4C(C)(CO)C(OC5OCC(O)C(O)C5O)C(O)C2C4(C)C13. The molecule has 8 aliphatic carbocycles. The van der Waals surface area contributed by atoms with Crippen molar-refractivity contribution in [2.24, 2.45) is 109 Å². The predicted octanol–water partition coefficient (Wildman–Crippen LogP) is 1.15. The van der Waals surface area contributed by atoms with E-state index in [-0.39, 0.29) is 31.6 Å². The zero-order valence-electron chi connectivity index (χ0n) is 48.5. The van der Waals surface area contributed by atoms with Crippen molar-refractivity contribution >= 4 is 17.7 Å². The number of anilines is 1. The minimum absolute atomic E-state index is 0.109. The third-order valence-electron chi connectivity index (χ3n) is 26.1. The molecule has 5 heterocycles. The lowest BCUT2D eigenvalue weighted by molar-refractivity contribution is -0.346. The van der Waals surface area contributed by atoms with Gasteiger partial charge in [0.15, 0.2) is 6.29 Å². The largest absolute Gasteiger partial charge is 0.481 e. The lowest BCUT2D eigenvalue weighted by Gasteiger charge is -2.76. The second kappa shape index (κ2) is 19.6. The molecular weight excluding hydrogens is 1060 g/mol. The number of nitrogens with zero attached hydrogens (tertiary/aromatic N) is 2. The van der Waals surface area contributed by atoms with Crippen molar-refractivity contribution in [2.45, 2.75) is 153 Å². The molecule has 0 radical (unpaired) electrons. The van der Waals surface area contributed by atoms with Crippen molar-refractivity contribution < 1.29 is 65.0 Å². The number of rotatable bonds is 11. The molecule has 11 aliphatic rings. The molecule has 1 amide bonds. The van der Waals surface area contributed by atoms with Crippen molar-refractivity contribution in [2.75, 3.05) is 45.3 Å². The highest BCUT2D eigenvalue weighted by atomic mass is 16.7. The van der Waals surface area contributed by atoms with Crippen LogP contribution in [-0.4, -0.2) is 173 Å².